The molecule has 0 saturated carbocycles. The Morgan fingerprint density at radius 2 is 1.81 bits per heavy atom. The first kappa shape index (κ1) is 23.2. The Hall–Kier alpha value is -1.96. The maximum Gasteiger partial charge on any atom is 0.205 e. The van der Waals surface area contributed by atoms with Crippen molar-refractivity contribution >= 4 is 38.1 Å². The summed E-state index contributed by atoms with van der Waals surface area (Å²) in [6.45, 7) is 5.60. The van der Waals surface area contributed by atoms with Gasteiger partial charge in [-0.25, -0.2) is 13.4 Å². The molecule has 0 spiro atoms. The number of nitrogens with zero attached hydrogens (tertiary/aromatic N) is 3. The summed E-state index contributed by atoms with van der Waals surface area (Å²) in [6, 6.07) is 14.9. The molecule has 1 unspecified atom stereocenters. The van der Waals surface area contributed by atoms with Gasteiger partial charge < -0.3 is 4.90 Å². The summed E-state index contributed by atoms with van der Waals surface area (Å²) in [7, 11) is -3.39. The summed E-state index contributed by atoms with van der Waals surface area (Å²) < 4.78 is 30.8. The van der Waals surface area contributed by atoms with E-state index in [1.54, 1.807) is 24.3 Å². The Morgan fingerprint density at radius 1 is 1.09 bits per heavy atom. The Morgan fingerprint density at radius 3 is 2.53 bits per heavy atom. The highest BCUT2D eigenvalue weighted by atomic mass is 35.5. The average Bonchev–Trinajstić information content (AvgIpc) is 3.10. The minimum atomic E-state index is -3.39. The first-order valence-electron chi connectivity index (χ1n) is 11.0. The van der Waals surface area contributed by atoms with E-state index in [0.29, 0.717) is 9.92 Å². The molecule has 2 aromatic carbocycles. The van der Waals surface area contributed by atoms with E-state index in [0.717, 1.165) is 49.7 Å². The molecule has 5 nitrogen and oxygen atoms in total. The van der Waals surface area contributed by atoms with Gasteiger partial charge in [-0.05, 0) is 68.9 Å². The highest BCUT2D eigenvalue weighted by Crippen LogP contribution is 2.31. The lowest BCUT2D eigenvalue weighted by Crippen LogP contribution is -2.29. The van der Waals surface area contributed by atoms with E-state index in [-0.39, 0.29) is 5.92 Å². The van der Waals surface area contributed by atoms with Crippen LogP contribution in [0.4, 0.5) is 5.13 Å². The first-order chi connectivity index (χ1) is 15.3. The molecule has 1 aliphatic heterocycles. The summed E-state index contributed by atoms with van der Waals surface area (Å²) in [5, 5.41) is 1.04. The molecular formula is C24H28ClN3O2S2. The highest BCUT2D eigenvalue weighted by Gasteiger charge is 2.32. The van der Waals surface area contributed by atoms with E-state index in [4.69, 9.17) is 16.6 Å². The molecule has 0 amide bonds. The van der Waals surface area contributed by atoms with Crippen LogP contribution in [0, 0.1) is 12.8 Å². The minimum Gasteiger partial charge on any atom is -0.347 e. The van der Waals surface area contributed by atoms with Crippen LogP contribution >= 0.6 is 23.1 Å². The number of rotatable bonds is 6. The van der Waals surface area contributed by atoms with Crippen molar-refractivity contribution in [2.45, 2.75) is 49.7 Å². The molecule has 2 heterocycles. The lowest BCUT2D eigenvalue weighted by molar-refractivity contribution is 0.448. The van der Waals surface area contributed by atoms with Crippen molar-refractivity contribution in [1.29, 1.82) is 0 Å². The highest BCUT2D eigenvalue weighted by molar-refractivity contribution is 7.92. The number of benzene rings is 2. The molecule has 0 radical (unpaired) electrons. The van der Waals surface area contributed by atoms with Crippen LogP contribution in [0.5, 0.6) is 0 Å². The van der Waals surface area contributed by atoms with Crippen LogP contribution in [-0.4, -0.2) is 36.1 Å². The molecule has 4 rings (SSSR count). The third-order valence-corrected chi connectivity index (χ3v) is 9.64. The maximum absolute atomic E-state index is 13.1. The van der Waals surface area contributed by atoms with Crippen molar-refractivity contribution in [3.63, 3.8) is 0 Å². The fourth-order valence-corrected chi connectivity index (χ4v) is 6.79. The van der Waals surface area contributed by atoms with Gasteiger partial charge in [0.2, 0.25) is 5.13 Å². The molecular weight excluding hydrogens is 462 g/mol. The summed E-state index contributed by atoms with van der Waals surface area (Å²) in [6.07, 6.45) is 3.38. The van der Waals surface area contributed by atoms with Gasteiger partial charge in [0, 0.05) is 36.1 Å². The summed E-state index contributed by atoms with van der Waals surface area (Å²) in [4.78, 5) is 7.38. The second-order valence-electron chi connectivity index (χ2n) is 8.54. The number of anilines is 1. The van der Waals surface area contributed by atoms with Crippen LogP contribution < -0.4 is 4.90 Å². The van der Waals surface area contributed by atoms with E-state index < -0.39 is 15.1 Å². The molecule has 1 aliphatic rings. The lowest BCUT2D eigenvalue weighted by Gasteiger charge is -2.23. The normalized spacial score (nSPS) is 18.3. The fraction of sp³-hybridized carbons (Fsp3) is 0.417. The molecule has 1 aromatic heterocycles. The van der Waals surface area contributed by atoms with Gasteiger partial charge in [-0.15, -0.1) is 0 Å². The van der Waals surface area contributed by atoms with Gasteiger partial charge in [-0.1, -0.05) is 41.4 Å². The average molecular weight is 490 g/mol. The van der Waals surface area contributed by atoms with Gasteiger partial charge >= 0.3 is 0 Å². The predicted molar refractivity (Wildman–Crippen MR) is 132 cm³/mol. The van der Waals surface area contributed by atoms with Gasteiger partial charge in [0.15, 0.2) is 9.84 Å². The minimum absolute atomic E-state index is 0.112. The molecule has 1 fully saturated rings. The fourth-order valence-electron chi connectivity index (χ4n) is 4.21. The lowest BCUT2D eigenvalue weighted by atomic mass is 9.98. The van der Waals surface area contributed by atoms with Crippen molar-refractivity contribution in [2.24, 2.45) is 5.92 Å². The van der Waals surface area contributed by atoms with Gasteiger partial charge in [-0.2, -0.15) is 4.37 Å². The van der Waals surface area contributed by atoms with Gasteiger partial charge in [0.05, 0.1) is 10.1 Å². The topological polar surface area (TPSA) is 63.2 Å². The van der Waals surface area contributed by atoms with Crippen molar-refractivity contribution in [2.75, 3.05) is 18.0 Å². The number of hydrogen-bond acceptors (Lipinski definition) is 6. The van der Waals surface area contributed by atoms with E-state index in [2.05, 4.69) is 40.5 Å². The van der Waals surface area contributed by atoms with Crippen LogP contribution in [0.3, 0.4) is 0 Å². The molecule has 2 atom stereocenters. The molecule has 0 N–H and O–H groups in total. The van der Waals surface area contributed by atoms with E-state index in [1.807, 2.05) is 6.92 Å². The Labute approximate surface area is 199 Å². The van der Waals surface area contributed by atoms with Gasteiger partial charge in [0.1, 0.15) is 5.82 Å². The molecule has 8 heteroatoms. The predicted octanol–water partition coefficient (Wildman–Crippen LogP) is 5.56. The Balaban J connectivity index is 1.40. The second-order valence-corrected chi connectivity index (χ2v) is 12.0. The Kier molecular flexibility index (Phi) is 7.17. The molecule has 0 bridgehead atoms. The third-order valence-electron chi connectivity index (χ3n) is 6.28. The number of sulfone groups is 1. The Bertz CT molecular complexity index is 1140. The first-order valence-corrected chi connectivity index (χ1v) is 13.7. The van der Waals surface area contributed by atoms with Crippen LogP contribution in [0.25, 0.3) is 0 Å². The zero-order chi connectivity index (χ0) is 22.7. The zero-order valence-corrected chi connectivity index (χ0v) is 20.8. The van der Waals surface area contributed by atoms with Crippen molar-refractivity contribution in [1.82, 2.24) is 9.36 Å². The molecule has 1 saturated heterocycles. The van der Waals surface area contributed by atoms with E-state index >= 15 is 0 Å². The zero-order valence-electron chi connectivity index (χ0n) is 18.4. The SMILES string of the molecule is Cc1ccc(Cc2nsc(N3CCCC([C@H](C)S(=O)(=O)c4ccc(Cl)cc4)CC3)n2)cc1. The van der Waals surface area contributed by atoms with Gasteiger partial charge in [-0.3, -0.25) is 0 Å². The number of hydrogen-bond donors (Lipinski definition) is 0. The van der Waals surface area contributed by atoms with E-state index in [1.165, 1.54) is 22.7 Å². The van der Waals surface area contributed by atoms with Crippen LogP contribution in [0.1, 0.15) is 43.1 Å². The molecule has 32 heavy (non-hydrogen) atoms. The number of halogens is 1. The molecule has 170 valence electrons. The smallest absolute Gasteiger partial charge is 0.205 e. The van der Waals surface area contributed by atoms with Crippen molar-refractivity contribution in [3.8, 4) is 0 Å². The standard InChI is InChI=1S/C24H28ClN3O2S2/c1-17-5-7-19(8-6-17)16-23-26-24(31-27-23)28-14-3-4-20(13-15-28)18(2)32(29,30)22-11-9-21(25)10-12-22/h5-12,18,20H,3-4,13-16H2,1-2H3/t18-,20?/m0/s1. The van der Waals surface area contributed by atoms with Gasteiger partial charge in [0.25, 0.3) is 0 Å². The quantitative estimate of drug-likeness (QED) is 0.453. The van der Waals surface area contributed by atoms with Crippen molar-refractivity contribution < 1.29 is 8.42 Å². The molecule has 0 aliphatic carbocycles. The third kappa shape index (κ3) is 5.33. The van der Waals surface area contributed by atoms with Crippen LogP contribution in [0.2, 0.25) is 5.02 Å². The monoisotopic (exact) mass is 489 g/mol. The van der Waals surface area contributed by atoms with Crippen LogP contribution in [-0.2, 0) is 16.3 Å². The van der Waals surface area contributed by atoms with Crippen LogP contribution in [0.15, 0.2) is 53.4 Å². The number of aryl methyl sites for hydroxylation is 1. The second kappa shape index (κ2) is 9.89. The van der Waals surface area contributed by atoms with Crippen molar-refractivity contribution in [3.05, 3.63) is 70.5 Å². The largest absolute Gasteiger partial charge is 0.347 e. The summed E-state index contributed by atoms with van der Waals surface area (Å²) in [5.74, 6) is 0.953. The number of aromatic nitrogens is 2. The van der Waals surface area contributed by atoms with E-state index in [9.17, 15) is 8.42 Å². The molecule has 3 aromatic rings. The summed E-state index contributed by atoms with van der Waals surface area (Å²) in [5.41, 5.74) is 2.45. The maximum atomic E-state index is 13.1. The summed E-state index contributed by atoms with van der Waals surface area (Å²) >= 11 is 7.36.